The van der Waals surface area contributed by atoms with Gasteiger partial charge >= 0.3 is 0 Å². The van der Waals surface area contributed by atoms with Crippen LogP contribution in [0, 0.1) is 13.8 Å². The molecule has 2 N–H and O–H groups in total. The lowest BCUT2D eigenvalue weighted by atomic mass is 10.0. The molecule has 3 heterocycles. The molecule has 3 aromatic heterocycles. The summed E-state index contributed by atoms with van der Waals surface area (Å²) in [6.45, 7) is 5.35. The van der Waals surface area contributed by atoms with Gasteiger partial charge in [0, 0.05) is 16.5 Å². The first-order chi connectivity index (χ1) is 15.8. The fourth-order valence-electron chi connectivity index (χ4n) is 3.23. The van der Waals surface area contributed by atoms with Crippen LogP contribution in [0.15, 0.2) is 52.0 Å². The Bertz CT molecular complexity index is 1380. The standard InChI is InChI=1S/C22H21N5O4S2/c1-12-9-16(26-31-12)24-20(29)14(3)32-10-17(28)25-27-11-23-21-19(22(27)30)18(13(2)33-21)15-7-5-4-6-8-15/h4-9,11,14H,10H2,1-3H3,(H,25,28)(H,24,26,29). The largest absolute Gasteiger partial charge is 0.360 e. The van der Waals surface area contributed by atoms with E-state index in [0.717, 1.165) is 32.4 Å². The minimum atomic E-state index is -0.519. The first kappa shape index (κ1) is 22.7. The molecule has 0 radical (unpaired) electrons. The smallest absolute Gasteiger partial charge is 0.281 e. The van der Waals surface area contributed by atoms with Gasteiger partial charge < -0.3 is 9.84 Å². The van der Waals surface area contributed by atoms with Gasteiger partial charge in [0.1, 0.15) is 16.9 Å². The Hall–Kier alpha value is -3.44. The molecular weight excluding hydrogens is 462 g/mol. The Morgan fingerprint density at radius 2 is 2.00 bits per heavy atom. The van der Waals surface area contributed by atoms with E-state index in [1.54, 1.807) is 19.9 Å². The van der Waals surface area contributed by atoms with E-state index in [-0.39, 0.29) is 17.2 Å². The molecule has 33 heavy (non-hydrogen) atoms. The van der Waals surface area contributed by atoms with E-state index in [2.05, 4.69) is 20.9 Å². The highest BCUT2D eigenvalue weighted by atomic mass is 32.2. The van der Waals surface area contributed by atoms with Crippen molar-refractivity contribution in [2.45, 2.75) is 26.0 Å². The number of benzene rings is 1. The van der Waals surface area contributed by atoms with Crippen molar-refractivity contribution in [1.82, 2.24) is 14.8 Å². The maximum atomic E-state index is 13.2. The number of hydrogen-bond acceptors (Lipinski definition) is 8. The van der Waals surface area contributed by atoms with Crippen LogP contribution < -0.4 is 16.3 Å². The highest BCUT2D eigenvalue weighted by Crippen LogP contribution is 2.35. The Kier molecular flexibility index (Phi) is 6.61. The number of aromatic nitrogens is 3. The van der Waals surface area contributed by atoms with E-state index in [1.165, 1.54) is 17.7 Å². The van der Waals surface area contributed by atoms with Crippen molar-refractivity contribution in [1.29, 1.82) is 0 Å². The van der Waals surface area contributed by atoms with Crippen LogP contribution >= 0.6 is 23.1 Å². The molecule has 0 aliphatic carbocycles. The molecular formula is C22H21N5O4S2. The van der Waals surface area contributed by atoms with Gasteiger partial charge in [-0.2, -0.15) is 0 Å². The second-order valence-corrected chi connectivity index (χ2v) is 9.83. The van der Waals surface area contributed by atoms with Crippen LogP contribution in [0.3, 0.4) is 0 Å². The van der Waals surface area contributed by atoms with E-state index < -0.39 is 11.2 Å². The highest BCUT2D eigenvalue weighted by Gasteiger charge is 2.19. The van der Waals surface area contributed by atoms with Crippen LogP contribution in [0.25, 0.3) is 21.3 Å². The molecule has 0 saturated carbocycles. The average Bonchev–Trinajstić information content (AvgIpc) is 3.36. The van der Waals surface area contributed by atoms with E-state index in [4.69, 9.17) is 4.52 Å². The molecule has 0 spiro atoms. The van der Waals surface area contributed by atoms with Gasteiger partial charge in [-0.25, -0.2) is 9.66 Å². The van der Waals surface area contributed by atoms with Crippen LogP contribution in [-0.2, 0) is 9.59 Å². The third-order valence-corrected chi connectivity index (χ3v) is 6.97. The molecule has 170 valence electrons. The van der Waals surface area contributed by atoms with Crippen LogP contribution in [0.1, 0.15) is 17.6 Å². The molecule has 0 aliphatic rings. The van der Waals surface area contributed by atoms with Gasteiger partial charge in [-0.3, -0.25) is 19.8 Å². The predicted octanol–water partition coefficient (Wildman–Crippen LogP) is 3.56. The summed E-state index contributed by atoms with van der Waals surface area (Å²) < 4.78 is 6.01. The number of rotatable bonds is 7. The van der Waals surface area contributed by atoms with Crippen LogP contribution in [0.5, 0.6) is 0 Å². The zero-order chi connectivity index (χ0) is 23.5. The quantitative estimate of drug-likeness (QED) is 0.412. The molecule has 4 rings (SSSR count). The molecule has 11 heteroatoms. The first-order valence-corrected chi connectivity index (χ1v) is 11.9. The normalized spacial score (nSPS) is 12.0. The van der Waals surface area contributed by atoms with Crippen molar-refractivity contribution in [3.63, 3.8) is 0 Å². The van der Waals surface area contributed by atoms with Gasteiger partial charge in [0.2, 0.25) is 11.8 Å². The summed E-state index contributed by atoms with van der Waals surface area (Å²) >= 11 is 2.57. The highest BCUT2D eigenvalue weighted by molar-refractivity contribution is 8.01. The summed E-state index contributed by atoms with van der Waals surface area (Å²) in [6.07, 6.45) is 1.31. The van der Waals surface area contributed by atoms with Gasteiger partial charge in [0.15, 0.2) is 5.82 Å². The van der Waals surface area contributed by atoms with E-state index in [0.29, 0.717) is 21.8 Å². The molecule has 1 unspecified atom stereocenters. The third-order valence-electron chi connectivity index (χ3n) is 4.81. The van der Waals surface area contributed by atoms with Crippen molar-refractivity contribution >= 4 is 50.9 Å². The number of anilines is 1. The molecule has 0 bridgehead atoms. The van der Waals surface area contributed by atoms with Gasteiger partial charge in [-0.15, -0.1) is 23.1 Å². The van der Waals surface area contributed by atoms with E-state index >= 15 is 0 Å². The first-order valence-electron chi connectivity index (χ1n) is 10.1. The van der Waals surface area contributed by atoms with Gasteiger partial charge in [-0.05, 0) is 26.3 Å². The summed E-state index contributed by atoms with van der Waals surface area (Å²) in [5, 5.41) is 6.29. The molecule has 0 fully saturated rings. The minimum Gasteiger partial charge on any atom is -0.360 e. The molecule has 1 aromatic carbocycles. The molecule has 9 nitrogen and oxygen atoms in total. The number of thiophene rings is 1. The van der Waals surface area contributed by atoms with Crippen molar-refractivity contribution in [2.75, 3.05) is 16.5 Å². The van der Waals surface area contributed by atoms with Gasteiger partial charge in [0.05, 0.1) is 16.4 Å². The van der Waals surface area contributed by atoms with Gasteiger partial charge in [-0.1, -0.05) is 35.5 Å². The second-order valence-electron chi connectivity index (χ2n) is 7.30. The average molecular weight is 484 g/mol. The Balaban J connectivity index is 1.45. The van der Waals surface area contributed by atoms with Crippen LogP contribution in [0.2, 0.25) is 0 Å². The predicted molar refractivity (Wildman–Crippen MR) is 130 cm³/mol. The van der Waals surface area contributed by atoms with Gasteiger partial charge in [0.25, 0.3) is 5.56 Å². The molecule has 0 aliphatic heterocycles. The Labute approximate surface area is 197 Å². The number of nitrogens with one attached hydrogen (secondary N) is 2. The summed E-state index contributed by atoms with van der Waals surface area (Å²) in [5.74, 6) is 0.152. The number of aryl methyl sites for hydroxylation is 2. The number of thioether (sulfide) groups is 1. The van der Waals surface area contributed by atoms with Crippen molar-refractivity contribution in [3.05, 3.63) is 63.7 Å². The lowest BCUT2D eigenvalue weighted by molar-refractivity contribution is -0.115. The molecule has 0 saturated heterocycles. The third kappa shape index (κ3) is 4.99. The summed E-state index contributed by atoms with van der Waals surface area (Å²) in [5.41, 5.74) is 3.95. The monoisotopic (exact) mass is 483 g/mol. The SMILES string of the molecule is Cc1cc(NC(=O)C(C)SCC(=O)Nn2cnc3sc(C)c(-c4ccccc4)c3c2=O)no1. The Morgan fingerprint density at radius 3 is 2.70 bits per heavy atom. The minimum absolute atomic E-state index is 0.0227. The summed E-state index contributed by atoms with van der Waals surface area (Å²) in [7, 11) is 0. The fraction of sp³-hybridized carbons (Fsp3) is 0.227. The second kappa shape index (κ2) is 9.59. The zero-order valence-corrected chi connectivity index (χ0v) is 19.8. The lowest BCUT2D eigenvalue weighted by Crippen LogP contribution is -2.34. The van der Waals surface area contributed by atoms with Crippen LogP contribution in [-0.4, -0.2) is 37.6 Å². The van der Waals surface area contributed by atoms with Crippen molar-refractivity contribution in [3.8, 4) is 11.1 Å². The Morgan fingerprint density at radius 1 is 1.24 bits per heavy atom. The fourth-order valence-corrected chi connectivity index (χ4v) is 4.91. The number of hydrogen-bond donors (Lipinski definition) is 2. The lowest BCUT2D eigenvalue weighted by Gasteiger charge is -2.11. The van der Waals surface area contributed by atoms with Crippen molar-refractivity contribution < 1.29 is 14.1 Å². The summed E-state index contributed by atoms with van der Waals surface area (Å²) in [4.78, 5) is 43.8. The number of fused-ring (bicyclic) bond motifs is 1. The topological polar surface area (TPSA) is 119 Å². The zero-order valence-electron chi connectivity index (χ0n) is 18.1. The van der Waals surface area contributed by atoms with Crippen LogP contribution in [0.4, 0.5) is 5.82 Å². The molecule has 1 atom stereocenters. The number of carbonyl (C=O) groups is 2. The number of amides is 2. The molecule has 4 aromatic rings. The molecule has 2 amide bonds. The maximum absolute atomic E-state index is 13.2. The number of nitrogens with zero attached hydrogens (tertiary/aromatic N) is 3. The van der Waals surface area contributed by atoms with Crippen molar-refractivity contribution in [2.24, 2.45) is 0 Å². The summed E-state index contributed by atoms with van der Waals surface area (Å²) in [6, 6.07) is 11.2. The maximum Gasteiger partial charge on any atom is 0.281 e. The van der Waals surface area contributed by atoms with E-state index in [9.17, 15) is 14.4 Å². The van der Waals surface area contributed by atoms with E-state index in [1.807, 2.05) is 37.3 Å². The number of carbonyl (C=O) groups excluding carboxylic acids is 2.